The number of amides is 1. The number of anilines is 1. The van der Waals surface area contributed by atoms with Crippen LogP contribution in [0.1, 0.15) is 71.6 Å². The molecule has 1 saturated heterocycles. The van der Waals surface area contributed by atoms with Gasteiger partial charge in [0.25, 0.3) is 5.91 Å². The summed E-state index contributed by atoms with van der Waals surface area (Å²) >= 11 is 0. The van der Waals surface area contributed by atoms with Gasteiger partial charge in [-0.15, -0.1) is 0 Å². The normalized spacial score (nSPS) is 22.2. The third-order valence-electron chi connectivity index (χ3n) is 6.41. The summed E-state index contributed by atoms with van der Waals surface area (Å²) in [4.78, 5) is 15.5. The number of hydrogen-bond acceptors (Lipinski definition) is 4. The Labute approximate surface area is 176 Å². The Kier molecular flexibility index (Phi) is 8.37. The van der Waals surface area contributed by atoms with Crippen LogP contribution in [-0.4, -0.2) is 48.8 Å². The predicted molar refractivity (Wildman–Crippen MR) is 118 cm³/mol. The van der Waals surface area contributed by atoms with Crippen LogP contribution < -0.4 is 10.1 Å². The smallest absolute Gasteiger partial charge is 0.256 e. The highest BCUT2D eigenvalue weighted by Crippen LogP contribution is 2.33. The Morgan fingerprint density at radius 2 is 1.90 bits per heavy atom. The largest absolute Gasteiger partial charge is 0.494 e. The average molecular weight is 403 g/mol. The van der Waals surface area contributed by atoms with Gasteiger partial charge >= 0.3 is 0 Å². The maximum Gasteiger partial charge on any atom is 0.256 e. The van der Waals surface area contributed by atoms with Crippen LogP contribution in [0.4, 0.5) is 5.69 Å². The molecule has 2 aliphatic rings. The summed E-state index contributed by atoms with van der Waals surface area (Å²) in [5, 5.41) is 3.05. The van der Waals surface area contributed by atoms with Gasteiger partial charge in [0.05, 0.1) is 6.61 Å². The second-order valence-corrected chi connectivity index (χ2v) is 8.55. The van der Waals surface area contributed by atoms with Gasteiger partial charge < -0.3 is 19.7 Å². The predicted octanol–water partition coefficient (Wildman–Crippen LogP) is 5.01. The fourth-order valence-electron chi connectivity index (χ4n) is 4.66. The minimum atomic E-state index is -0.659. The molecule has 29 heavy (non-hydrogen) atoms. The lowest BCUT2D eigenvalue weighted by molar-refractivity contribution is -0.145. The fraction of sp³-hybridized carbons (Fsp3) is 0.708. The first-order valence-electron chi connectivity index (χ1n) is 11.6. The number of carbonyl (C=O) groups is 1. The van der Waals surface area contributed by atoms with Gasteiger partial charge in [-0.2, -0.15) is 0 Å². The van der Waals surface area contributed by atoms with E-state index in [1.54, 1.807) is 0 Å². The van der Waals surface area contributed by atoms with Crippen LogP contribution in [0.5, 0.6) is 5.75 Å². The van der Waals surface area contributed by atoms with Gasteiger partial charge in [-0.05, 0) is 76.8 Å². The summed E-state index contributed by atoms with van der Waals surface area (Å²) in [7, 11) is 0. The van der Waals surface area contributed by atoms with E-state index in [4.69, 9.17) is 9.47 Å². The van der Waals surface area contributed by atoms with Crippen molar-refractivity contribution in [1.82, 2.24) is 4.90 Å². The molecule has 1 saturated carbocycles. The molecule has 3 rings (SSSR count). The van der Waals surface area contributed by atoms with E-state index < -0.39 is 5.60 Å². The molecule has 5 nitrogen and oxygen atoms in total. The van der Waals surface area contributed by atoms with Crippen molar-refractivity contribution in [2.75, 3.05) is 31.6 Å². The SMILES string of the molecule is CCOC1(C(=O)Nc2ccc(OCCCN3CCCCC3C)cc2)CCCCC1. The third kappa shape index (κ3) is 6.19. The number of hydrogen-bond donors (Lipinski definition) is 1. The zero-order valence-corrected chi connectivity index (χ0v) is 18.3. The average Bonchev–Trinajstić information content (AvgIpc) is 2.74. The van der Waals surface area contributed by atoms with Crippen molar-refractivity contribution in [3.63, 3.8) is 0 Å². The lowest BCUT2D eigenvalue weighted by atomic mass is 9.83. The van der Waals surface area contributed by atoms with E-state index in [1.165, 1.54) is 32.2 Å². The van der Waals surface area contributed by atoms with Crippen molar-refractivity contribution in [3.8, 4) is 5.75 Å². The Hall–Kier alpha value is -1.59. The first-order valence-corrected chi connectivity index (χ1v) is 11.6. The van der Waals surface area contributed by atoms with Gasteiger partial charge in [0.1, 0.15) is 11.4 Å². The number of benzene rings is 1. The van der Waals surface area contributed by atoms with Gasteiger partial charge in [-0.3, -0.25) is 4.79 Å². The molecular weight excluding hydrogens is 364 g/mol. The molecule has 1 atom stereocenters. The Morgan fingerprint density at radius 3 is 2.59 bits per heavy atom. The number of nitrogens with zero attached hydrogens (tertiary/aromatic N) is 1. The summed E-state index contributed by atoms with van der Waals surface area (Å²) in [6.07, 6.45) is 9.95. The molecule has 1 aliphatic heterocycles. The highest BCUT2D eigenvalue weighted by molar-refractivity contribution is 5.97. The molecule has 0 bridgehead atoms. The Balaban J connectivity index is 1.44. The van der Waals surface area contributed by atoms with Crippen molar-refractivity contribution >= 4 is 11.6 Å². The summed E-state index contributed by atoms with van der Waals surface area (Å²) in [6.45, 7) is 7.91. The molecular formula is C24H38N2O3. The minimum Gasteiger partial charge on any atom is -0.494 e. The van der Waals surface area contributed by atoms with Crippen LogP contribution in [-0.2, 0) is 9.53 Å². The zero-order valence-electron chi connectivity index (χ0n) is 18.3. The lowest BCUT2D eigenvalue weighted by Crippen LogP contribution is -2.47. The Morgan fingerprint density at radius 1 is 1.14 bits per heavy atom. The monoisotopic (exact) mass is 402 g/mol. The molecule has 5 heteroatoms. The quantitative estimate of drug-likeness (QED) is 0.590. The summed E-state index contributed by atoms with van der Waals surface area (Å²) in [5.74, 6) is 0.843. The van der Waals surface area contributed by atoms with Crippen LogP contribution in [0.3, 0.4) is 0 Å². The summed E-state index contributed by atoms with van der Waals surface area (Å²) < 4.78 is 11.8. The number of nitrogens with one attached hydrogen (secondary N) is 1. The second-order valence-electron chi connectivity index (χ2n) is 8.55. The molecule has 1 heterocycles. The van der Waals surface area contributed by atoms with Crippen molar-refractivity contribution in [2.24, 2.45) is 0 Å². The van der Waals surface area contributed by atoms with Crippen molar-refractivity contribution < 1.29 is 14.3 Å². The van der Waals surface area contributed by atoms with Gasteiger partial charge in [0.2, 0.25) is 0 Å². The molecule has 1 aromatic carbocycles. The molecule has 2 fully saturated rings. The van der Waals surface area contributed by atoms with E-state index in [1.807, 2.05) is 31.2 Å². The summed E-state index contributed by atoms with van der Waals surface area (Å²) in [6, 6.07) is 8.42. The molecule has 1 N–H and O–H groups in total. The van der Waals surface area contributed by atoms with Gasteiger partial charge in [0.15, 0.2) is 0 Å². The number of ether oxygens (including phenoxy) is 2. The molecule has 1 aliphatic carbocycles. The molecule has 0 aromatic heterocycles. The maximum absolute atomic E-state index is 12.9. The highest BCUT2D eigenvalue weighted by atomic mass is 16.5. The van der Waals surface area contributed by atoms with E-state index in [9.17, 15) is 4.79 Å². The third-order valence-corrected chi connectivity index (χ3v) is 6.41. The molecule has 0 radical (unpaired) electrons. The van der Waals surface area contributed by atoms with Crippen molar-refractivity contribution in [3.05, 3.63) is 24.3 Å². The number of piperidine rings is 1. The number of carbonyl (C=O) groups excluding carboxylic acids is 1. The van der Waals surface area contributed by atoms with E-state index in [0.29, 0.717) is 12.6 Å². The van der Waals surface area contributed by atoms with E-state index in [-0.39, 0.29) is 5.91 Å². The van der Waals surface area contributed by atoms with Crippen molar-refractivity contribution in [1.29, 1.82) is 0 Å². The van der Waals surface area contributed by atoms with Crippen LogP contribution in [0, 0.1) is 0 Å². The molecule has 0 spiro atoms. The van der Waals surface area contributed by atoms with E-state index >= 15 is 0 Å². The van der Waals surface area contributed by atoms with Gasteiger partial charge in [0, 0.05) is 24.9 Å². The maximum atomic E-state index is 12.9. The first kappa shape index (κ1) is 22.1. The number of likely N-dealkylation sites (tertiary alicyclic amines) is 1. The van der Waals surface area contributed by atoms with Crippen LogP contribution in [0.2, 0.25) is 0 Å². The van der Waals surface area contributed by atoms with Gasteiger partial charge in [-0.1, -0.05) is 25.7 Å². The summed E-state index contributed by atoms with van der Waals surface area (Å²) in [5.41, 5.74) is 0.141. The molecule has 162 valence electrons. The van der Waals surface area contributed by atoms with Gasteiger partial charge in [-0.25, -0.2) is 0 Å². The fourth-order valence-corrected chi connectivity index (χ4v) is 4.66. The lowest BCUT2D eigenvalue weighted by Gasteiger charge is -2.35. The van der Waals surface area contributed by atoms with Crippen molar-refractivity contribution in [2.45, 2.75) is 83.3 Å². The minimum absolute atomic E-state index is 0.0108. The molecule has 1 aromatic rings. The first-order chi connectivity index (χ1) is 14.1. The number of rotatable bonds is 9. The molecule has 1 amide bonds. The standard InChI is InChI=1S/C24H38N2O3/c1-3-29-24(15-6-4-7-16-24)23(27)25-21-11-13-22(14-12-21)28-19-9-18-26-17-8-5-10-20(26)2/h11-14,20H,3-10,15-19H2,1-2H3,(H,25,27). The Bertz CT molecular complexity index is 620. The molecule has 1 unspecified atom stereocenters. The van der Waals surface area contributed by atoms with Crippen LogP contribution in [0.25, 0.3) is 0 Å². The van der Waals surface area contributed by atoms with E-state index in [2.05, 4.69) is 17.1 Å². The van der Waals surface area contributed by atoms with Crippen LogP contribution >= 0.6 is 0 Å². The van der Waals surface area contributed by atoms with E-state index in [0.717, 1.165) is 56.7 Å². The second kappa shape index (κ2) is 11.0. The highest BCUT2D eigenvalue weighted by Gasteiger charge is 2.40. The topological polar surface area (TPSA) is 50.8 Å². The van der Waals surface area contributed by atoms with Crippen LogP contribution in [0.15, 0.2) is 24.3 Å². The zero-order chi connectivity index (χ0) is 20.5.